The van der Waals surface area contributed by atoms with Crippen LogP contribution in [0.2, 0.25) is 0 Å². The van der Waals surface area contributed by atoms with Crippen molar-refractivity contribution in [3.8, 4) is 5.06 Å². The Bertz CT molecular complexity index is 301. The molecule has 86 valence electrons. The van der Waals surface area contributed by atoms with Crippen molar-refractivity contribution in [3.05, 3.63) is 17.0 Å². The molecule has 0 aliphatic rings. The molecule has 1 unspecified atom stereocenters. The number of thiophene rings is 1. The fraction of sp³-hybridized carbons (Fsp3) is 0.667. The second-order valence-corrected chi connectivity index (χ2v) is 6.02. The zero-order valence-electron chi connectivity index (χ0n) is 10.3. The van der Waals surface area contributed by atoms with E-state index in [1.165, 1.54) is 4.88 Å². The van der Waals surface area contributed by atoms with Crippen molar-refractivity contribution in [2.75, 3.05) is 7.11 Å². The summed E-state index contributed by atoms with van der Waals surface area (Å²) in [5.41, 5.74) is 0.307. The summed E-state index contributed by atoms with van der Waals surface area (Å²) in [5.74, 6) is 0. The van der Waals surface area contributed by atoms with Gasteiger partial charge in [0.2, 0.25) is 0 Å². The van der Waals surface area contributed by atoms with E-state index in [4.69, 9.17) is 4.74 Å². The Balaban J connectivity index is 2.43. The number of nitrogens with one attached hydrogen (secondary N) is 1. The summed E-state index contributed by atoms with van der Waals surface area (Å²) in [4.78, 5) is 1.32. The van der Waals surface area contributed by atoms with Crippen molar-refractivity contribution >= 4 is 11.3 Å². The van der Waals surface area contributed by atoms with E-state index < -0.39 is 0 Å². The van der Waals surface area contributed by atoms with Gasteiger partial charge in [-0.25, -0.2) is 0 Å². The average Bonchev–Trinajstić information content (AvgIpc) is 2.60. The van der Waals surface area contributed by atoms with Crippen LogP contribution >= 0.6 is 11.3 Å². The van der Waals surface area contributed by atoms with Gasteiger partial charge in [-0.05, 0) is 24.5 Å². The first-order valence-electron chi connectivity index (χ1n) is 5.29. The minimum atomic E-state index is 0.307. The summed E-state index contributed by atoms with van der Waals surface area (Å²) in [6.45, 7) is 9.90. The lowest BCUT2D eigenvalue weighted by atomic mass is 9.88. The normalized spacial score (nSPS) is 13.9. The lowest BCUT2D eigenvalue weighted by Gasteiger charge is -2.28. The van der Waals surface area contributed by atoms with Gasteiger partial charge in [-0.15, -0.1) is 11.3 Å². The van der Waals surface area contributed by atoms with Crippen LogP contribution in [0.5, 0.6) is 5.06 Å². The Hall–Kier alpha value is -0.540. The first kappa shape index (κ1) is 12.5. The highest BCUT2D eigenvalue weighted by atomic mass is 32.1. The van der Waals surface area contributed by atoms with Crippen molar-refractivity contribution in [2.45, 2.75) is 40.3 Å². The lowest BCUT2D eigenvalue weighted by molar-refractivity contribution is 0.286. The molecular formula is C12H21NOS. The maximum Gasteiger partial charge on any atom is 0.173 e. The Morgan fingerprint density at radius 3 is 2.53 bits per heavy atom. The first-order valence-corrected chi connectivity index (χ1v) is 6.11. The molecular weight excluding hydrogens is 206 g/mol. The SMILES string of the molecule is COc1ccc(CNC(C)C(C)(C)C)s1. The third-order valence-electron chi connectivity index (χ3n) is 2.72. The summed E-state index contributed by atoms with van der Waals surface area (Å²) in [5, 5.41) is 4.51. The molecule has 1 aromatic heterocycles. The number of rotatable bonds is 4. The summed E-state index contributed by atoms with van der Waals surface area (Å²) in [7, 11) is 1.71. The van der Waals surface area contributed by atoms with Crippen LogP contribution in [-0.2, 0) is 6.54 Å². The van der Waals surface area contributed by atoms with Gasteiger partial charge in [0.15, 0.2) is 5.06 Å². The van der Waals surface area contributed by atoms with E-state index in [1.807, 2.05) is 6.07 Å². The third-order valence-corrected chi connectivity index (χ3v) is 3.77. The van der Waals surface area contributed by atoms with E-state index in [2.05, 4.69) is 39.1 Å². The Kier molecular flexibility index (Phi) is 4.17. The largest absolute Gasteiger partial charge is 0.487 e. The molecule has 0 aliphatic heterocycles. The van der Waals surface area contributed by atoms with Crippen LogP contribution in [-0.4, -0.2) is 13.2 Å². The van der Waals surface area contributed by atoms with E-state index in [1.54, 1.807) is 18.4 Å². The second-order valence-electron chi connectivity index (χ2n) is 4.89. The minimum Gasteiger partial charge on any atom is -0.487 e. The highest BCUT2D eigenvalue weighted by Gasteiger charge is 2.19. The smallest absolute Gasteiger partial charge is 0.173 e. The molecule has 15 heavy (non-hydrogen) atoms. The zero-order chi connectivity index (χ0) is 11.5. The van der Waals surface area contributed by atoms with Crippen LogP contribution < -0.4 is 10.1 Å². The van der Waals surface area contributed by atoms with E-state index >= 15 is 0 Å². The maximum absolute atomic E-state index is 5.16. The maximum atomic E-state index is 5.16. The van der Waals surface area contributed by atoms with Crippen LogP contribution in [0.3, 0.4) is 0 Å². The Morgan fingerprint density at radius 2 is 2.07 bits per heavy atom. The molecule has 0 radical (unpaired) electrons. The number of methoxy groups -OCH3 is 1. The van der Waals surface area contributed by atoms with Gasteiger partial charge < -0.3 is 10.1 Å². The fourth-order valence-corrected chi connectivity index (χ4v) is 1.89. The molecule has 2 nitrogen and oxygen atoms in total. The minimum absolute atomic E-state index is 0.307. The van der Waals surface area contributed by atoms with Crippen LogP contribution in [0.1, 0.15) is 32.6 Å². The van der Waals surface area contributed by atoms with E-state index in [9.17, 15) is 0 Å². The average molecular weight is 227 g/mol. The van der Waals surface area contributed by atoms with Gasteiger partial charge in [0.25, 0.3) is 0 Å². The zero-order valence-corrected chi connectivity index (χ0v) is 11.1. The van der Waals surface area contributed by atoms with E-state index in [-0.39, 0.29) is 0 Å². The monoisotopic (exact) mass is 227 g/mol. The fourth-order valence-electron chi connectivity index (χ4n) is 1.12. The van der Waals surface area contributed by atoms with Crippen molar-refractivity contribution in [1.82, 2.24) is 5.32 Å². The molecule has 0 saturated carbocycles. The molecule has 0 aromatic carbocycles. The lowest BCUT2D eigenvalue weighted by Crippen LogP contribution is -2.36. The molecule has 1 heterocycles. The standard InChI is InChI=1S/C12H21NOS/c1-9(12(2,3)4)13-8-10-6-7-11(14-5)15-10/h6-7,9,13H,8H2,1-5H3. The van der Waals surface area contributed by atoms with Gasteiger partial charge in [-0.2, -0.15) is 0 Å². The van der Waals surface area contributed by atoms with Gasteiger partial charge in [-0.3, -0.25) is 0 Å². The van der Waals surface area contributed by atoms with Crippen LogP contribution in [0, 0.1) is 5.41 Å². The summed E-state index contributed by atoms with van der Waals surface area (Å²) in [6, 6.07) is 4.64. The Labute approximate surface area is 96.7 Å². The highest BCUT2D eigenvalue weighted by Crippen LogP contribution is 2.24. The molecule has 0 bridgehead atoms. The van der Waals surface area contributed by atoms with Crippen molar-refractivity contribution in [1.29, 1.82) is 0 Å². The number of ether oxygens (including phenoxy) is 1. The van der Waals surface area contributed by atoms with Gasteiger partial charge in [0, 0.05) is 17.5 Å². The molecule has 0 aliphatic carbocycles. The van der Waals surface area contributed by atoms with Gasteiger partial charge >= 0.3 is 0 Å². The summed E-state index contributed by atoms with van der Waals surface area (Å²) >= 11 is 1.70. The number of hydrogen-bond donors (Lipinski definition) is 1. The summed E-state index contributed by atoms with van der Waals surface area (Å²) in [6.07, 6.45) is 0. The molecule has 1 atom stereocenters. The molecule has 0 fully saturated rings. The molecule has 3 heteroatoms. The summed E-state index contributed by atoms with van der Waals surface area (Å²) < 4.78 is 5.16. The van der Waals surface area contributed by atoms with Crippen LogP contribution in [0.25, 0.3) is 0 Å². The quantitative estimate of drug-likeness (QED) is 0.852. The molecule has 1 aromatic rings. The molecule has 1 N–H and O–H groups in total. The van der Waals surface area contributed by atoms with E-state index in [0.717, 1.165) is 11.6 Å². The van der Waals surface area contributed by atoms with Crippen LogP contribution in [0.15, 0.2) is 12.1 Å². The first-order chi connectivity index (χ1) is 6.93. The van der Waals surface area contributed by atoms with Gasteiger partial charge in [0.05, 0.1) is 7.11 Å². The predicted molar refractivity (Wildman–Crippen MR) is 66.6 cm³/mol. The van der Waals surface area contributed by atoms with Crippen molar-refractivity contribution in [3.63, 3.8) is 0 Å². The molecule has 0 saturated heterocycles. The second kappa shape index (κ2) is 4.99. The van der Waals surface area contributed by atoms with Crippen molar-refractivity contribution in [2.24, 2.45) is 5.41 Å². The topological polar surface area (TPSA) is 21.3 Å². The molecule has 0 amide bonds. The predicted octanol–water partition coefficient (Wildman–Crippen LogP) is 3.28. The molecule has 0 spiro atoms. The number of hydrogen-bond acceptors (Lipinski definition) is 3. The molecule has 1 rings (SSSR count). The Morgan fingerprint density at radius 1 is 1.40 bits per heavy atom. The van der Waals surface area contributed by atoms with Crippen molar-refractivity contribution < 1.29 is 4.74 Å². The van der Waals surface area contributed by atoms with E-state index in [0.29, 0.717) is 11.5 Å². The van der Waals surface area contributed by atoms with Crippen LogP contribution in [0.4, 0.5) is 0 Å². The van der Waals surface area contributed by atoms with Gasteiger partial charge in [-0.1, -0.05) is 20.8 Å². The third kappa shape index (κ3) is 3.84. The van der Waals surface area contributed by atoms with Gasteiger partial charge in [0.1, 0.15) is 0 Å². The highest BCUT2D eigenvalue weighted by molar-refractivity contribution is 7.13.